The largest absolute Gasteiger partial charge is 0.444 e. The van der Waals surface area contributed by atoms with Crippen LogP contribution in [0.15, 0.2) is 42.5 Å². The average molecular weight is 576 g/mol. The summed E-state index contributed by atoms with van der Waals surface area (Å²) in [5.41, 5.74) is 0.646. The summed E-state index contributed by atoms with van der Waals surface area (Å²) in [6.45, 7) is 6.60. The molecule has 4 rings (SSSR count). The van der Waals surface area contributed by atoms with Crippen molar-refractivity contribution < 1.29 is 19.1 Å². The molecule has 0 aromatic heterocycles. The molecule has 1 saturated carbocycles. The summed E-state index contributed by atoms with van der Waals surface area (Å²) in [7, 11) is 0. The maximum absolute atomic E-state index is 13.3. The Labute approximate surface area is 239 Å². The van der Waals surface area contributed by atoms with E-state index >= 15 is 0 Å². The average Bonchev–Trinajstić information content (AvgIpc) is 3.35. The predicted octanol–water partition coefficient (Wildman–Crippen LogP) is 7.18. The van der Waals surface area contributed by atoms with Crippen LogP contribution in [-0.2, 0) is 9.53 Å². The molecule has 8 nitrogen and oxygen atoms in total. The number of hydrogen-bond acceptors (Lipinski definition) is 4. The zero-order chi connectivity index (χ0) is 28.2. The van der Waals surface area contributed by atoms with E-state index in [9.17, 15) is 14.4 Å². The van der Waals surface area contributed by atoms with Gasteiger partial charge in [-0.15, -0.1) is 0 Å². The lowest BCUT2D eigenvalue weighted by Gasteiger charge is -2.32. The van der Waals surface area contributed by atoms with Crippen molar-refractivity contribution in [1.82, 2.24) is 10.2 Å². The Balaban J connectivity index is 1.31. The van der Waals surface area contributed by atoms with Crippen molar-refractivity contribution in [3.63, 3.8) is 0 Å². The molecule has 0 spiro atoms. The van der Waals surface area contributed by atoms with Crippen molar-refractivity contribution in [1.29, 1.82) is 0 Å². The quantitative estimate of drug-likeness (QED) is 0.352. The minimum atomic E-state index is -0.970. The number of carbonyl (C=O) groups is 3. The van der Waals surface area contributed by atoms with E-state index in [1.807, 2.05) is 24.3 Å². The number of nitrogens with one attached hydrogen (secondary N) is 3. The van der Waals surface area contributed by atoms with Crippen LogP contribution < -0.4 is 16.0 Å². The summed E-state index contributed by atoms with van der Waals surface area (Å²) in [4.78, 5) is 40.2. The Morgan fingerprint density at radius 1 is 0.923 bits per heavy atom. The number of anilines is 2. The number of urea groups is 1. The van der Waals surface area contributed by atoms with Crippen LogP contribution in [0.1, 0.15) is 70.8 Å². The third-order valence-electron chi connectivity index (χ3n) is 7.25. The second-order valence-corrected chi connectivity index (χ2v) is 12.1. The maximum atomic E-state index is 13.3. The van der Waals surface area contributed by atoms with Gasteiger partial charge in [-0.3, -0.25) is 4.79 Å². The van der Waals surface area contributed by atoms with Gasteiger partial charge in [-0.05, 0) is 82.2 Å². The zero-order valence-corrected chi connectivity index (χ0v) is 24.1. The first-order chi connectivity index (χ1) is 18.5. The molecule has 2 aliphatic rings. The topological polar surface area (TPSA) is 99.8 Å². The smallest absolute Gasteiger partial charge is 0.408 e. The number of carbonyl (C=O) groups excluding carboxylic acids is 3. The van der Waals surface area contributed by atoms with Crippen LogP contribution in [0.2, 0.25) is 10.0 Å². The van der Waals surface area contributed by atoms with Crippen LogP contribution in [-0.4, -0.2) is 47.2 Å². The third kappa shape index (κ3) is 7.37. The fraction of sp³-hybridized carbons (Fsp3) is 0.483. The highest BCUT2D eigenvalue weighted by Gasteiger charge is 2.43. The molecule has 0 bridgehead atoms. The Morgan fingerprint density at radius 3 is 2.08 bits per heavy atom. The molecular formula is C29H36Cl2N4O4. The molecule has 10 heteroatoms. The van der Waals surface area contributed by atoms with Crippen molar-refractivity contribution in [2.75, 3.05) is 23.7 Å². The first kappa shape index (κ1) is 29.0. The number of halogens is 2. The van der Waals surface area contributed by atoms with Crippen molar-refractivity contribution in [2.24, 2.45) is 0 Å². The number of para-hydroxylation sites is 1. The van der Waals surface area contributed by atoms with Crippen LogP contribution in [0.4, 0.5) is 21.0 Å². The van der Waals surface area contributed by atoms with E-state index < -0.39 is 17.2 Å². The number of rotatable bonds is 5. The molecule has 210 valence electrons. The summed E-state index contributed by atoms with van der Waals surface area (Å²) in [6, 6.07) is 12.7. The van der Waals surface area contributed by atoms with E-state index in [1.165, 1.54) is 0 Å². The zero-order valence-electron chi connectivity index (χ0n) is 22.6. The van der Waals surface area contributed by atoms with Gasteiger partial charge in [-0.25, -0.2) is 9.59 Å². The first-order valence-corrected chi connectivity index (χ1v) is 14.1. The molecule has 1 aliphatic heterocycles. The molecule has 4 amide bonds. The van der Waals surface area contributed by atoms with Crippen LogP contribution >= 0.6 is 23.2 Å². The Hall–Kier alpha value is -2.97. The molecular weight excluding hydrogens is 539 g/mol. The second kappa shape index (κ2) is 12.0. The Kier molecular flexibility index (Phi) is 8.96. The molecule has 3 N–H and O–H groups in total. The van der Waals surface area contributed by atoms with Crippen molar-refractivity contribution in [3.05, 3.63) is 58.1 Å². The van der Waals surface area contributed by atoms with Crippen molar-refractivity contribution in [3.8, 4) is 0 Å². The minimum absolute atomic E-state index is 0.220. The van der Waals surface area contributed by atoms with E-state index in [2.05, 4.69) is 16.0 Å². The van der Waals surface area contributed by atoms with Gasteiger partial charge in [0.15, 0.2) is 0 Å². The van der Waals surface area contributed by atoms with Gasteiger partial charge in [-0.1, -0.05) is 54.2 Å². The number of benzene rings is 2. The molecule has 2 fully saturated rings. The molecule has 0 atom stereocenters. The second-order valence-electron chi connectivity index (χ2n) is 11.3. The summed E-state index contributed by atoms with van der Waals surface area (Å²) in [6.07, 6.45) is 3.94. The van der Waals surface area contributed by atoms with Gasteiger partial charge in [0.05, 0.1) is 15.7 Å². The number of piperidine rings is 1. The molecule has 2 aromatic carbocycles. The van der Waals surface area contributed by atoms with Gasteiger partial charge in [0, 0.05) is 18.8 Å². The van der Waals surface area contributed by atoms with Crippen LogP contribution in [0.5, 0.6) is 0 Å². The van der Waals surface area contributed by atoms with Gasteiger partial charge in [-0.2, -0.15) is 0 Å². The van der Waals surface area contributed by atoms with Gasteiger partial charge in [0.1, 0.15) is 11.1 Å². The number of nitrogens with zero attached hydrogens (tertiary/aromatic N) is 1. The lowest BCUT2D eigenvalue weighted by Crippen LogP contribution is -2.55. The lowest BCUT2D eigenvalue weighted by atomic mass is 9.89. The van der Waals surface area contributed by atoms with Crippen LogP contribution in [0.25, 0.3) is 0 Å². The normalized spacial score (nSPS) is 17.4. The van der Waals surface area contributed by atoms with E-state index in [4.69, 9.17) is 27.9 Å². The Bertz CT molecular complexity index is 1180. The number of ether oxygens (including phenoxy) is 1. The predicted molar refractivity (Wildman–Crippen MR) is 155 cm³/mol. The van der Waals surface area contributed by atoms with Gasteiger partial charge in [0.25, 0.3) is 0 Å². The van der Waals surface area contributed by atoms with Gasteiger partial charge in [0.2, 0.25) is 5.91 Å². The molecule has 0 unspecified atom stereocenters. The van der Waals surface area contributed by atoms with E-state index in [0.29, 0.717) is 53.3 Å². The summed E-state index contributed by atoms with van der Waals surface area (Å²) in [5, 5.41) is 9.45. The number of likely N-dealkylation sites (tertiary alicyclic amines) is 1. The summed E-state index contributed by atoms with van der Waals surface area (Å²) in [5.74, 6) is 0.0780. The first-order valence-electron chi connectivity index (χ1n) is 13.4. The lowest BCUT2D eigenvalue weighted by molar-refractivity contribution is -0.122. The summed E-state index contributed by atoms with van der Waals surface area (Å²) >= 11 is 12.4. The molecule has 0 radical (unpaired) electrons. The van der Waals surface area contributed by atoms with Gasteiger partial charge >= 0.3 is 12.1 Å². The van der Waals surface area contributed by atoms with Crippen LogP contribution in [0.3, 0.4) is 0 Å². The molecule has 39 heavy (non-hydrogen) atoms. The van der Waals surface area contributed by atoms with E-state index in [1.54, 1.807) is 43.9 Å². The number of alkyl carbamates (subject to hydrolysis) is 1. The SMILES string of the molecule is CC(C)(C)OC(=O)NC1(C(=O)Nc2ccc(C3CCN(C(=O)Nc4c(Cl)cccc4Cl)CC3)cc2)CCCC1. The highest BCUT2D eigenvalue weighted by atomic mass is 35.5. The van der Waals surface area contributed by atoms with E-state index in [0.717, 1.165) is 31.2 Å². The fourth-order valence-corrected chi connectivity index (χ4v) is 5.69. The summed E-state index contributed by atoms with van der Waals surface area (Å²) < 4.78 is 5.40. The van der Waals surface area contributed by atoms with E-state index in [-0.39, 0.29) is 11.9 Å². The standard InChI is InChI=1S/C29H36Cl2N4O4/c1-28(2,3)39-27(38)34-29(15-4-5-16-29)25(36)32-21-11-9-19(10-12-21)20-13-17-35(18-14-20)26(37)33-24-22(30)7-6-8-23(24)31/h6-12,20H,4-5,13-18H2,1-3H3,(H,32,36)(H,33,37)(H,34,38). The van der Waals surface area contributed by atoms with Crippen molar-refractivity contribution in [2.45, 2.75) is 76.4 Å². The molecule has 1 heterocycles. The minimum Gasteiger partial charge on any atom is -0.444 e. The third-order valence-corrected chi connectivity index (χ3v) is 7.88. The number of hydrogen-bond donors (Lipinski definition) is 3. The number of amides is 4. The monoisotopic (exact) mass is 574 g/mol. The maximum Gasteiger partial charge on any atom is 0.408 e. The molecule has 1 saturated heterocycles. The highest BCUT2D eigenvalue weighted by Crippen LogP contribution is 2.34. The van der Waals surface area contributed by atoms with Crippen molar-refractivity contribution >= 4 is 52.6 Å². The fourth-order valence-electron chi connectivity index (χ4n) is 5.19. The highest BCUT2D eigenvalue weighted by molar-refractivity contribution is 6.39. The van der Waals surface area contributed by atoms with Crippen LogP contribution in [0, 0.1) is 0 Å². The Morgan fingerprint density at radius 2 is 1.51 bits per heavy atom. The van der Waals surface area contributed by atoms with Gasteiger partial charge < -0.3 is 25.6 Å². The molecule has 1 aliphatic carbocycles. The molecule has 2 aromatic rings.